The molecule has 0 aliphatic heterocycles. The normalized spacial score (nSPS) is 46.0. The minimum Gasteiger partial charge on any atom is -0.392 e. The number of aliphatic hydroxyl groups is 1. The molecule has 0 spiro atoms. The van der Waals surface area contributed by atoms with Gasteiger partial charge in [0, 0.05) is 39.3 Å². The lowest BCUT2D eigenvalue weighted by atomic mass is 9.63. The highest BCUT2D eigenvalue weighted by Crippen LogP contribution is 2.47. The Morgan fingerprint density at radius 3 is 1.22 bits per heavy atom. The molecular weight excluding hydrogens is 558 g/mol. The second-order valence-corrected chi connectivity index (χ2v) is 17.1. The first kappa shape index (κ1) is 34.7. The molecule has 45 heavy (non-hydrogen) atoms. The van der Waals surface area contributed by atoms with Gasteiger partial charge in [-0.2, -0.15) is 0 Å². The van der Waals surface area contributed by atoms with Gasteiger partial charge in [0.25, 0.3) is 0 Å². The van der Waals surface area contributed by atoms with Gasteiger partial charge in [-0.15, -0.1) is 0 Å². The fourth-order valence-corrected chi connectivity index (χ4v) is 12.0. The van der Waals surface area contributed by atoms with E-state index in [9.17, 15) is 5.11 Å². The molecule has 6 fully saturated rings. The molecule has 0 amide bonds. The number of aliphatic hydroxyl groups excluding tert-OH is 1. The summed E-state index contributed by atoms with van der Waals surface area (Å²) in [6.45, 7) is 0. The van der Waals surface area contributed by atoms with Crippen LogP contribution in [0.5, 0.6) is 0 Å². The topological polar surface area (TPSA) is 60.0 Å². The molecule has 4 atom stereocenters. The number of ether oxygens (including phenoxy) is 3. The highest BCUT2D eigenvalue weighted by atomic mass is 16.5. The molecule has 2 N–H and O–H groups in total. The van der Waals surface area contributed by atoms with E-state index >= 15 is 0 Å². The van der Waals surface area contributed by atoms with Crippen molar-refractivity contribution in [1.29, 1.82) is 0 Å². The lowest BCUT2D eigenvalue weighted by Gasteiger charge is -2.47. The van der Waals surface area contributed by atoms with Crippen molar-refractivity contribution in [1.82, 2.24) is 5.32 Å². The summed E-state index contributed by atoms with van der Waals surface area (Å²) < 4.78 is 17.0. The predicted molar refractivity (Wildman–Crippen MR) is 183 cm³/mol. The van der Waals surface area contributed by atoms with Gasteiger partial charge in [0.15, 0.2) is 0 Å². The smallest absolute Gasteiger partial charge is 0.0611 e. The van der Waals surface area contributed by atoms with Crippen LogP contribution in [0.3, 0.4) is 0 Å². The lowest BCUT2D eigenvalue weighted by molar-refractivity contribution is -0.0333. The molecule has 5 nitrogen and oxygen atoms in total. The first-order chi connectivity index (χ1) is 22.0. The summed E-state index contributed by atoms with van der Waals surface area (Å²) in [7, 11) is 5.68. The molecule has 0 aromatic heterocycles. The molecule has 260 valence electrons. The van der Waals surface area contributed by atoms with Crippen LogP contribution in [0.4, 0.5) is 0 Å². The Kier molecular flexibility index (Phi) is 13.1. The number of hydrogen-bond acceptors (Lipinski definition) is 5. The van der Waals surface area contributed by atoms with Crippen LogP contribution in [0, 0.1) is 47.3 Å². The van der Waals surface area contributed by atoms with Gasteiger partial charge >= 0.3 is 0 Å². The number of rotatable bonds is 10. The van der Waals surface area contributed by atoms with Crippen molar-refractivity contribution in [3.8, 4) is 0 Å². The summed E-state index contributed by atoms with van der Waals surface area (Å²) in [4.78, 5) is 0. The van der Waals surface area contributed by atoms with E-state index in [0.717, 1.165) is 35.5 Å². The largest absolute Gasteiger partial charge is 0.392 e. The average molecular weight is 630 g/mol. The quantitative estimate of drug-likeness (QED) is 0.253. The van der Waals surface area contributed by atoms with Gasteiger partial charge < -0.3 is 24.6 Å². The number of nitrogens with one attached hydrogen (secondary N) is 1. The van der Waals surface area contributed by atoms with Gasteiger partial charge in [-0.3, -0.25) is 0 Å². The van der Waals surface area contributed by atoms with Crippen LogP contribution < -0.4 is 5.32 Å². The standard InChI is InChI=1S/C40H71NO4/c1-43-35-19-10-29(11-20-35)27-4-6-32(7-5-27)40(42)38-26-33(31-14-23-37(45-3)24-15-31)16-25-39(38)41-34-17-8-28(9-18-34)30-12-21-36(44-2)22-13-30/h27-42H,4-26H2,1-3H3. The van der Waals surface area contributed by atoms with Crippen LogP contribution in [0.25, 0.3) is 0 Å². The number of hydrogen-bond donors (Lipinski definition) is 2. The molecule has 0 bridgehead atoms. The van der Waals surface area contributed by atoms with Crippen molar-refractivity contribution in [3.63, 3.8) is 0 Å². The molecule has 5 heteroatoms. The Bertz CT molecular complexity index is 829. The van der Waals surface area contributed by atoms with Gasteiger partial charge in [0.1, 0.15) is 0 Å². The van der Waals surface area contributed by atoms with E-state index in [1.807, 2.05) is 21.3 Å². The SMILES string of the molecule is COC1CCC(C2CCC(NC3CCC(C4CCC(OC)CC4)CC3C(O)C3CCC(C4CCC(OC)CC4)CC3)CC2)CC1. The molecule has 0 aromatic rings. The zero-order valence-corrected chi connectivity index (χ0v) is 29.5. The minimum atomic E-state index is -0.127. The average Bonchev–Trinajstić information content (AvgIpc) is 3.12. The summed E-state index contributed by atoms with van der Waals surface area (Å²) in [6, 6.07) is 1.16. The molecule has 6 rings (SSSR count). The third-order valence-electron chi connectivity index (χ3n) is 15.1. The third-order valence-corrected chi connectivity index (χ3v) is 15.1. The van der Waals surface area contributed by atoms with E-state index in [2.05, 4.69) is 5.32 Å². The van der Waals surface area contributed by atoms with Gasteiger partial charge in [-0.05, 0) is 189 Å². The van der Waals surface area contributed by atoms with Crippen molar-refractivity contribution < 1.29 is 19.3 Å². The van der Waals surface area contributed by atoms with Crippen LogP contribution in [0.2, 0.25) is 0 Å². The van der Waals surface area contributed by atoms with Crippen LogP contribution in [-0.4, -0.2) is 62.9 Å². The number of methoxy groups -OCH3 is 3. The van der Waals surface area contributed by atoms with Gasteiger partial charge in [0.2, 0.25) is 0 Å². The summed E-state index contributed by atoms with van der Waals surface area (Å²) in [6.07, 6.45) is 31.6. The van der Waals surface area contributed by atoms with Crippen LogP contribution in [-0.2, 0) is 14.2 Å². The minimum absolute atomic E-state index is 0.127. The van der Waals surface area contributed by atoms with Crippen LogP contribution in [0.1, 0.15) is 148 Å². The van der Waals surface area contributed by atoms with Gasteiger partial charge in [-0.25, -0.2) is 0 Å². The molecule has 0 aromatic carbocycles. The van der Waals surface area contributed by atoms with E-state index in [-0.39, 0.29) is 6.10 Å². The van der Waals surface area contributed by atoms with Crippen molar-refractivity contribution in [2.24, 2.45) is 47.3 Å². The van der Waals surface area contributed by atoms with E-state index < -0.39 is 0 Å². The Morgan fingerprint density at radius 1 is 0.444 bits per heavy atom. The summed E-state index contributed by atoms with van der Waals surface area (Å²) in [5, 5.41) is 16.5. The van der Waals surface area contributed by atoms with E-state index in [4.69, 9.17) is 14.2 Å². The zero-order chi connectivity index (χ0) is 31.2. The van der Waals surface area contributed by atoms with Crippen molar-refractivity contribution in [3.05, 3.63) is 0 Å². The Morgan fingerprint density at radius 2 is 0.800 bits per heavy atom. The monoisotopic (exact) mass is 630 g/mol. The van der Waals surface area contributed by atoms with Crippen molar-refractivity contribution >= 4 is 0 Å². The van der Waals surface area contributed by atoms with Crippen LogP contribution in [0.15, 0.2) is 0 Å². The maximum Gasteiger partial charge on any atom is 0.0611 e. The maximum atomic E-state index is 12.2. The predicted octanol–water partition coefficient (Wildman–Crippen LogP) is 8.70. The first-order valence-electron chi connectivity index (χ1n) is 20.1. The molecule has 0 radical (unpaired) electrons. The maximum absolute atomic E-state index is 12.2. The lowest BCUT2D eigenvalue weighted by Crippen LogP contribution is -2.52. The molecule has 4 unspecified atom stereocenters. The Labute approximate surface area is 277 Å². The highest BCUT2D eigenvalue weighted by molar-refractivity contribution is 4.97. The molecule has 6 aliphatic rings. The second-order valence-electron chi connectivity index (χ2n) is 17.1. The zero-order valence-electron chi connectivity index (χ0n) is 29.5. The van der Waals surface area contributed by atoms with E-state index in [0.29, 0.717) is 42.2 Å². The summed E-state index contributed by atoms with van der Waals surface area (Å²) in [5.41, 5.74) is 0. The van der Waals surface area contributed by atoms with E-state index in [1.165, 1.54) is 148 Å². The fraction of sp³-hybridized carbons (Fsp3) is 1.00. The second kappa shape index (κ2) is 17.0. The molecule has 0 saturated heterocycles. The summed E-state index contributed by atoms with van der Waals surface area (Å²) in [5.74, 6) is 6.22. The highest BCUT2D eigenvalue weighted by Gasteiger charge is 2.43. The van der Waals surface area contributed by atoms with E-state index in [1.54, 1.807) is 0 Å². The Hall–Kier alpha value is -0.200. The van der Waals surface area contributed by atoms with Gasteiger partial charge in [0.05, 0.1) is 24.4 Å². The Balaban J connectivity index is 1.03. The summed E-state index contributed by atoms with van der Waals surface area (Å²) >= 11 is 0. The molecule has 6 aliphatic carbocycles. The molecular formula is C40H71NO4. The first-order valence-corrected chi connectivity index (χ1v) is 20.1. The van der Waals surface area contributed by atoms with Crippen molar-refractivity contribution in [2.75, 3.05) is 21.3 Å². The third kappa shape index (κ3) is 8.89. The molecule has 6 saturated carbocycles. The van der Waals surface area contributed by atoms with Gasteiger partial charge in [-0.1, -0.05) is 0 Å². The fourth-order valence-electron chi connectivity index (χ4n) is 12.0. The molecule has 0 heterocycles. The van der Waals surface area contributed by atoms with Crippen LogP contribution >= 0.6 is 0 Å². The van der Waals surface area contributed by atoms with Crippen molar-refractivity contribution in [2.45, 2.75) is 184 Å².